The van der Waals surface area contributed by atoms with Crippen LogP contribution in [0.15, 0.2) is 29.2 Å². The van der Waals surface area contributed by atoms with Crippen molar-refractivity contribution < 1.29 is 8.42 Å². The van der Waals surface area contributed by atoms with Crippen LogP contribution in [0.25, 0.3) is 0 Å². The number of rotatable bonds is 6. The summed E-state index contributed by atoms with van der Waals surface area (Å²) >= 11 is 0. The average molecular weight is 297 g/mol. The summed E-state index contributed by atoms with van der Waals surface area (Å²) in [4.78, 5) is 2.64. The van der Waals surface area contributed by atoms with Crippen molar-refractivity contribution in [2.45, 2.75) is 24.7 Å². The molecule has 0 spiro atoms. The number of primary sulfonamides is 1. The van der Waals surface area contributed by atoms with Gasteiger partial charge in [-0.1, -0.05) is 6.92 Å². The predicted molar refractivity (Wildman–Crippen MR) is 81.1 cm³/mol. The fraction of sp³-hybridized carbons (Fsp3) is 0.571. The number of nitrogens with one attached hydrogen (secondary N) is 1. The van der Waals surface area contributed by atoms with Crippen molar-refractivity contribution in [2.75, 3.05) is 31.5 Å². The monoisotopic (exact) mass is 297 g/mol. The molecule has 0 bridgehead atoms. The van der Waals surface area contributed by atoms with Crippen molar-refractivity contribution in [3.05, 3.63) is 24.3 Å². The standard InChI is InChI=1S/C14H23N3O2S/c1-12(11-17-8-2-3-9-17)10-16-13-4-6-14(7-5-13)20(15,18)19/h4-7,12,16H,2-3,8-11H2,1H3,(H2,15,18,19). The Hall–Kier alpha value is -1.11. The van der Waals surface area contributed by atoms with Gasteiger partial charge in [0.15, 0.2) is 0 Å². The lowest BCUT2D eigenvalue weighted by Gasteiger charge is -2.20. The number of benzene rings is 1. The molecule has 1 unspecified atom stereocenters. The van der Waals surface area contributed by atoms with Crippen molar-refractivity contribution in [3.8, 4) is 0 Å². The third kappa shape index (κ3) is 4.47. The van der Waals surface area contributed by atoms with Crippen molar-refractivity contribution in [1.29, 1.82) is 0 Å². The molecule has 1 fully saturated rings. The van der Waals surface area contributed by atoms with Crippen LogP contribution in [-0.4, -0.2) is 39.5 Å². The molecule has 1 aromatic carbocycles. The summed E-state index contributed by atoms with van der Waals surface area (Å²) in [5.41, 5.74) is 0.922. The maximum absolute atomic E-state index is 11.2. The summed E-state index contributed by atoms with van der Waals surface area (Å²) in [7, 11) is -3.60. The second-order valence-electron chi connectivity index (χ2n) is 5.56. The van der Waals surface area contributed by atoms with Gasteiger partial charge in [0.05, 0.1) is 4.90 Å². The zero-order chi connectivity index (χ0) is 14.6. The van der Waals surface area contributed by atoms with Crippen LogP contribution < -0.4 is 10.5 Å². The molecule has 0 amide bonds. The highest BCUT2D eigenvalue weighted by molar-refractivity contribution is 7.89. The number of likely N-dealkylation sites (tertiary alicyclic amines) is 1. The van der Waals surface area contributed by atoms with E-state index in [9.17, 15) is 8.42 Å². The Morgan fingerprint density at radius 1 is 1.25 bits per heavy atom. The van der Waals surface area contributed by atoms with Crippen molar-refractivity contribution >= 4 is 15.7 Å². The minimum atomic E-state index is -3.60. The van der Waals surface area contributed by atoms with E-state index in [1.165, 1.54) is 38.1 Å². The highest BCUT2D eigenvalue weighted by atomic mass is 32.2. The summed E-state index contributed by atoms with van der Waals surface area (Å²) in [6, 6.07) is 6.57. The summed E-state index contributed by atoms with van der Waals surface area (Å²) in [5.74, 6) is 0.561. The molecule has 1 atom stereocenters. The van der Waals surface area contributed by atoms with Crippen LogP contribution in [-0.2, 0) is 10.0 Å². The van der Waals surface area contributed by atoms with Crippen molar-refractivity contribution in [3.63, 3.8) is 0 Å². The smallest absolute Gasteiger partial charge is 0.238 e. The fourth-order valence-electron chi connectivity index (χ4n) is 2.53. The molecule has 3 N–H and O–H groups in total. The van der Waals surface area contributed by atoms with E-state index in [1.54, 1.807) is 12.1 Å². The lowest BCUT2D eigenvalue weighted by molar-refractivity contribution is 0.294. The maximum Gasteiger partial charge on any atom is 0.238 e. The first-order valence-electron chi connectivity index (χ1n) is 7.04. The highest BCUT2D eigenvalue weighted by Crippen LogP contribution is 2.14. The van der Waals surface area contributed by atoms with Crippen LogP contribution in [0.4, 0.5) is 5.69 Å². The lowest BCUT2D eigenvalue weighted by Crippen LogP contribution is -2.28. The van der Waals surface area contributed by atoms with Crippen LogP contribution in [0, 0.1) is 5.92 Å². The van der Waals surface area contributed by atoms with Crippen LogP contribution in [0.5, 0.6) is 0 Å². The number of nitrogens with two attached hydrogens (primary N) is 1. The van der Waals surface area contributed by atoms with Gasteiger partial charge in [0.1, 0.15) is 0 Å². The Kier molecular flexibility index (Phi) is 5.01. The molecule has 20 heavy (non-hydrogen) atoms. The summed E-state index contributed by atoms with van der Waals surface area (Å²) in [5, 5.41) is 8.40. The van der Waals surface area contributed by atoms with E-state index in [-0.39, 0.29) is 4.90 Å². The quantitative estimate of drug-likeness (QED) is 0.834. The van der Waals surface area contributed by atoms with Gasteiger partial charge in [-0.2, -0.15) is 0 Å². The minimum absolute atomic E-state index is 0.146. The van der Waals surface area contributed by atoms with Gasteiger partial charge in [0.25, 0.3) is 0 Å². The molecular formula is C14H23N3O2S. The van der Waals surface area contributed by atoms with E-state index >= 15 is 0 Å². The molecule has 1 aliphatic rings. The largest absolute Gasteiger partial charge is 0.385 e. The SMILES string of the molecule is CC(CNc1ccc(S(N)(=O)=O)cc1)CN1CCCC1. The average Bonchev–Trinajstić information content (AvgIpc) is 2.88. The molecule has 6 heteroatoms. The Bertz CT molecular complexity index is 522. The predicted octanol–water partition coefficient (Wildman–Crippen LogP) is 1.48. The molecule has 1 aliphatic heterocycles. The van der Waals surface area contributed by atoms with Crippen LogP contribution >= 0.6 is 0 Å². The normalized spacial score (nSPS) is 18.1. The summed E-state index contributed by atoms with van der Waals surface area (Å²) in [6.07, 6.45) is 2.63. The van der Waals surface area contributed by atoms with Gasteiger partial charge in [-0.3, -0.25) is 0 Å². The van der Waals surface area contributed by atoms with Gasteiger partial charge >= 0.3 is 0 Å². The first kappa shape index (κ1) is 15.3. The van der Waals surface area contributed by atoms with E-state index in [1.807, 2.05) is 0 Å². The maximum atomic E-state index is 11.2. The molecule has 1 heterocycles. The fourth-order valence-corrected chi connectivity index (χ4v) is 3.04. The van der Waals surface area contributed by atoms with Gasteiger partial charge in [-0.05, 0) is 56.1 Å². The highest BCUT2D eigenvalue weighted by Gasteiger charge is 2.14. The van der Waals surface area contributed by atoms with Gasteiger partial charge in [-0.15, -0.1) is 0 Å². The van der Waals surface area contributed by atoms with Crippen LogP contribution in [0.2, 0.25) is 0 Å². The molecule has 1 saturated heterocycles. The molecule has 2 rings (SSSR count). The Morgan fingerprint density at radius 3 is 2.40 bits per heavy atom. The lowest BCUT2D eigenvalue weighted by atomic mass is 10.1. The number of sulfonamides is 1. The molecule has 0 aromatic heterocycles. The van der Waals surface area contributed by atoms with E-state index in [0.29, 0.717) is 5.92 Å². The molecule has 0 radical (unpaired) electrons. The molecule has 0 saturated carbocycles. The van der Waals surface area contributed by atoms with Gasteiger partial charge in [-0.25, -0.2) is 13.6 Å². The molecule has 1 aromatic rings. The Labute approximate surface area is 121 Å². The first-order chi connectivity index (χ1) is 9.45. The van der Waals surface area contributed by atoms with E-state index < -0.39 is 10.0 Å². The summed E-state index contributed by atoms with van der Waals surface area (Å²) < 4.78 is 22.3. The van der Waals surface area contributed by atoms with Gasteiger partial charge < -0.3 is 10.2 Å². The number of hydrogen-bond acceptors (Lipinski definition) is 4. The third-order valence-electron chi connectivity index (χ3n) is 3.61. The third-order valence-corrected chi connectivity index (χ3v) is 4.54. The van der Waals surface area contributed by atoms with Gasteiger partial charge in [0.2, 0.25) is 10.0 Å². The summed E-state index contributed by atoms with van der Waals surface area (Å²) in [6.45, 7) is 6.65. The van der Waals surface area contributed by atoms with Gasteiger partial charge in [0, 0.05) is 18.8 Å². The first-order valence-corrected chi connectivity index (χ1v) is 8.59. The molecule has 112 valence electrons. The van der Waals surface area contributed by atoms with Crippen LogP contribution in [0.3, 0.4) is 0 Å². The molecule has 5 nitrogen and oxygen atoms in total. The number of hydrogen-bond donors (Lipinski definition) is 2. The molecular weight excluding hydrogens is 274 g/mol. The van der Waals surface area contributed by atoms with E-state index in [0.717, 1.165) is 18.8 Å². The zero-order valence-corrected chi connectivity index (χ0v) is 12.7. The topological polar surface area (TPSA) is 75.4 Å². The van der Waals surface area contributed by atoms with Crippen LogP contribution in [0.1, 0.15) is 19.8 Å². The zero-order valence-electron chi connectivity index (χ0n) is 11.9. The minimum Gasteiger partial charge on any atom is -0.385 e. The number of anilines is 1. The second kappa shape index (κ2) is 6.56. The van der Waals surface area contributed by atoms with Crippen molar-refractivity contribution in [1.82, 2.24) is 4.90 Å². The number of nitrogens with zero attached hydrogens (tertiary/aromatic N) is 1. The van der Waals surface area contributed by atoms with E-state index in [4.69, 9.17) is 5.14 Å². The molecule has 0 aliphatic carbocycles. The Morgan fingerprint density at radius 2 is 1.85 bits per heavy atom. The van der Waals surface area contributed by atoms with E-state index in [2.05, 4.69) is 17.1 Å². The second-order valence-corrected chi connectivity index (χ2v) is 7.12. The van der Waals surface area contributed by atoms with Crippen molar-refractivity contribution in [2.24, 2.45) is 11.1 Å². The Balaban J connectivity index is 1.81.